The minimum absolute atomic E-state index is 0.0722. The van der Waals surface area contributed by atoms with Gasteiger partial charge in [0, 0.05) is 0 Å². The monoisotopic (exact) mass is 370 g/mol. The second kappa shape index (κ2) is 6.57. The molecular weight excluding hydrogens is 355 g/mol. The van der Waals surface area contributed by atoms with Crippen molar-refractivity contribution >= 4 is 17.5 Å². The van der Waals surface area contributed by atoms with Gasteiger partial charge in [-0.05, 0) is 43.0 Å². The third-order valence-corrected chi connectivity index (χ3v) is 5.04. The summed E-state index contributed by atoms with van der Waals surface area (Å²) in [5, 5.41) is 7.09. The molecule has 6 heteroatoms. The first-order valence-electron chi connectivity index (χ1n) is 8.35. The van der Waals surface area contributed by atoms with Gasteiger partial charge in [-0.3, -0.25) is 4.79 Å². The number of halogens is 2. The maximum absolute atomic E-state index is 14.3. The fourth-order valence-corrected chi connectivity index (χ4v) is 3.72. The van der Waals surface area contributed by atoms with Gasteiger partial charge in [0.25, 0.3) is 5.91 Å². The van der Waals surface area contributed by atoms with E-state index in [9.17, 15) is 9.18 Å². The number of hydrogen-bond donors (Lipinski definition) is 1. The number of amides is 1. The van der Waals surface area contributed by atoms with Gasteiger partial charge in [0.2, 0.25) is 0 Å². The highest BCUT2D eigenvalue weighted by Gasteiger charge is 2.29. The van der Waals surface area contributed by atoms with Gasteiger partial charge in [0.05, 0.1) is 16.6 Å². The summed E-state index contributed by atoms with van der Waals surface area (Å²) in [6.07, 6.45) is 1.74. The molecule has 0 spiro atoms. The molecular formula is C20H16ClFN2O2. The Bertz CT molecular complexity index is 979. The van der Waals surface area contributed by atoms with E-state index in [-0.39, 0.29) is 33.8 Å². The summed E-state index contributed by atoms with van der Waals surface area (Å²) >= 11 is 6.13. The van der Waals surface area contributed by atoms with E-state index >= 15 is 0 Å². The van der Waals surface area contributed by atoms with Crippen LogP contribution in [0.3, 0.4) is 0 Å². The molecule has 0 aliphatic heterocycles. The highest BCUT2D eigenvalue weighted by Crippen LogP contribution is 2.35. The lowest BCUT2D eigenvalue weighted by Crippen LogP contribution is -2.27. The molecule has 0 unspecified atom stereocenters. The highest BCUT2D eigenvalue weighted by molar-refractivity contribution is 6.33. The number of carbonyl (C=O) groups is 1. The lowest BCUT2D eigenvalue weighted by atomic mass is 10.0. The first kappa shape index (κ1) is 16.8. The van der Waals surface area contributed by atoms with Crippen LogP contribution in [0, 0.1) is 12.7 Å². The van der Waals surface area contributed by atoms with Crippen LogP contribution in [0.15, 0.2) is 47.0 Å². The Morgan fingerprint density at radius 3 is 2.88 bits per heavy atom. The van der Waals surface area contributed by atoms with Gasteiger partial charge in [0.15, 0.2) is 0 Å². The molecule has 4 rings (SSSR count). The normalized spacial score (nSPS) is 15.7. The molecule has 26 heavy (non-hydrogen) atoms. The molecule has 1 amide bonds. The molecule has 0 fully saturated rings. The van der Waals surface area contributed by atoms with Crippen LogP contribution in [0.25, 0.3) is 11.3 Å². The number of nitrogens with zero attached hydrogens (tertiary/aromatic N) is 1. The lowest BCUT2D eigenvalue weighted by Gasteiger charge is -2.14. The van der Waals surface area contributed by atoms with Crippen molar-refractivity contribution in [3.05, 3.63) is 75.8 Å². The van der Waals surface area contributed by atoms with Crippen molar-refractivity contribution in [2.45, 2.75) is 25.8 Å². The number of nitrogens with one attached hydrogen (secondary N) is 1. The minimum Gasteiger partial charge on any atom is -0.360 e. The fraction of sp³-hybridized carbons (Fsp3) is 0.200. The molecule has 1 atom stereocenters. The number of benzene rings is 2. The number of aromatic nitrogens is 1. The Balaban J connectivity index is 1.69. The SMILES string of the molecule is Cc1onc(-c2c(F)cccc2Cl)c1C(=O)N[C@@H]1CCc2ccccc21. The van der Waals surface area contributed by atoms with Crippen LogP contribution in [0.1, 0.15) is 39.7 Å². The molecule has 0 bridgehead atoms. The summed E-state index contributed by atoms with van der Waals surface area (Å²) in [6, 6.07) is 12.3. The molecule has 1 heterocycles. The molecule has 1 aliphatic carbocycles. The predicted octanol–water partition coefficient (Wildman–Crippen LogP) is 4.86. The minimum atomic E-state index is -0.550. The summed E-state index contributed by atoms with van der Waals surface area (Å²) < 4.78 is 19.5. The summed E-state index contributed by atoms with van der Waals surface area (Å²) in [4.78, 5) is 12.9. The Morgan fingerprint density at radius 2 is 2.08 bits per heavy atom. The van der Waals surface area contributed by atoms with E-state index in [1.54, 1.807) is 13.0 Å². The maximum atomic E-state index is 14.3. The van der Waals surface area contributed by atoms with Crippen LogP contribution in [-0.2, 0) is 6.42 Å². The first-order valence-corrected chi connectivity index (χ1v) is 8.73. The quantitative estimate of drug-likeness (QED) is 0.716. The largest absolute Gasteiger partial charge is 0.360 e. The van der Waals surface area contributed by atoms with E-state index in [1.807, 2.05) is 18.2 Å². The second-order valence-electron chi connectivity index (χ2n) is 6.32. The van der Waals surface area contributed by atoms with Crippen molar-refractivity contribution < 1.29 is 13.7 Å². The van der Waals surface area contributed by atoms with Crippen molar-refractivity contribution in [1.29, 1.82) is 0 Å². The van der Waals surface area contributed by atoms with Crippen molar-refractivity contribution in [1.82, 2.24) is 10.5 Å². The average Bonchev–Trinajstić information content (AvgIpc) is 3.19. The summed E-state index contributed by atoms with van der Waals surface area (Å²) in [5.41, 5.74) is 2.75. The number of hydrogen-bond acceptors (Lipinski definition) is 3. The van der Waals surface area contributed by atoms with Crippen molar-refractivity contribution in [2.75, 3.05) is 0 Å². The van der Waals surface area contributed by atoms with Gasteiger partial charge in [-0.15, -0.1) is 0 Å². The number of rotatable bonds is 3. The van der Waals surface area contributed by atoms with E-state index in [4.69, 9.17) is 16.1 Å². The third kappa shape index (κ3) is 2.78. The summed E-state index contributed by atoms with van der Waals surface area (Å²) in [6.45, 7) is 1.63. The molecule has 1 aliphatic rings. The Morgan fingerprint density at radius 1 is 1.27 bits per heavy atom. The highest BCUT2D eigenvalue weighted by atomic mass is 35.5. The van der Waals surface area contributed by atoms with Gasteiger partial charge in [0.1, 0.15) is 22.8 Å². The lowest BCUT2D eigenvalue weighted by molar-refractivity contribution is 0.0935. The Hall–Kier alpha value is -2.66. The molecule has 3 aromatic rings. The van der Waals surface area contributed by atoms with E-state index < -0.39 is 5.82 Å². The van der Waals surface area contributed by atoms with Crippen LogP contribution in [0.4, 0.5) is 4.39 Å². The van der Waals surface area contributed by atoms with Crippen molar-refractivity contribution in [2.24, 2.45) is 0 Å². The summed E-state index contributed by atoms with van der Waals surface area (Å²) in [5.74, 6) is -0.575. The van der Waals surface area contributed by atoms with Crippen LogP contribution < -0.4 is 5.32 Å². The Kier molecular flexibility index (Phi) is 4.24. The van der Waals surface area contributed by atoms with E-state index in [0.29, 0.717) is 5.76 Å². The van der Waals surface area contributed by atoms with Gasteiger partial charge in [-0.1, -0.05) is 47.1 Å². The Labute approximate surface area is 155 Å². The molecule has 0 saturated carbocycles. The number of aryl methyl sites for hydroxylation is 2. The van der Waals surface area contributed by atoms with Crippen LogP contribution >= 0.6 is 11.6 Å². The average molecular weight is 371 g/mol. The van der Waals surface area contributed by atoms with Gasteiger partial charge in [-0.25, -0.2) is 4.39 Å². The van der Waals surface area contributed by atoms with Crippen LogP contribution in [0.5, 0.6) is 0 Å². The van der Waals surface area contributed by atoms with Gasteiger partial charge >= 0.3 is 0 Å². The second-order valence-corrected chi connectivity index (χ2v) is 6.73. The summed E-state index contributed by atoms with van der Waals surface area (Å²) in [7, 11) is 0. The topological polar surface area (TPSA) is 55.1 Å². The van der Waals surface area contributed by atoms with Crippen molar-refractivity contribution in [3.63, 3.8) is 0 Å². The zero-order valence-electron chi connectivity index (χ0n) is 14.1. The molecule has 2 aromatic carbocycles. The van der Waals surface area contributed by atoms with E-state index in [1.165, 1.54) is 17.7 Å². The zero-order valence-corrected chi connectivity index (χ0v) is 14.8. The van der Waals surface area contributed by atoms with E-state index in [2.05, 4.69) is 16.5 Å². The van der Waals surface area contributed by atoms with E-state index in [0.717, 1.165) is 18.4 Å². The fourth-order valence-electron chi connectivity index (χ4n) is 3.47. The smallest absolute Gasteiger partial charge is 0.257 e. The molecule has 0 saturated heterocycles. The maximum Gasteiger partial charge on any atom is 0.257 e. The number of fused-ring (bicyclic) bond motifs is 1. The number of carbonyl (C=O) groups excluding carboxylic acids is 1. The molecule has 132 valence electrons. The van der Waals surface area contributed by atoms with Gasteiger partial charge < -0.3 is 9.84 Å². The molecule has 4 nitrogen and oxygen atoms in total. The molecule has 0 radical (unpaired) electrons. The third-order valence-electron chi connectivity index (χ3n) is 4.73. The van der Waals surface area contributed by atoms with Gasteiger partial charge in [-0.2, -0.15) is 0 Å². The standard InChI is InChI=1S/C20H16ClFN2O2/c1-11-17(19(24-26-11)18-14(21)7-4-8-15(18)22)20(25)23-16-10-9-12-5-2-3-6-13(12)16/h2-8,16H,9-10H2,1H3,(H,23,25)/t16-/m1/s1. The van der Waals surface area contributed by atoms with Crippen LogP contribution in [0.2, 0.25) is 5.02 Å². The zero-order chi connectivity index (χ0) is 18.3. The van der Waals surface area contributed by atoms with Crippen molar-refractivity contribution in [3.8, 4) is 11.3 Å². The first-order chi connectivity index (χ1) is 12.6. The predicted molar refractivity (Wildman–Crippen MR) is 96.6 cm³/mol. The van der Waals surface area contributed by atoms with Crippen LogP contribution in [-0.4, -0.2) is 11.1 Å². The molecule has 1 N–H and O–H groups in total. The molecule has 1 aromatic heterocycles.